The summed E-state index contributed by atoms with van der Waals surface area (Å²) in [5.41, 5.74) is 19.3. The molecule has 1 aromatic carbocycles. The molecule has 6 N–H and O–H groups in total. The van der Waals surface area contributed by atoms with Gasteiger partial charge in [-0.15, -0.1) is 24.8 Å². The summed E-state index contributed by atoms with van der Waals surface area (Å²) in [5.74, 6) is 1.61. The number of rotatable bonds is 4. The molecule has 9 heteroatoms. The highest BCUT2D eigenvalue weighted by molar-refractivity contribution is 5.85. The fourth-order valence-electron chi connectivity index (χ4n) is 1.89. The van der Waals surface area contributed by atoms with E-state index in [0.29, 0.717) is 29.4 Å². The van der Waals surface area contributed by atoms with Crippen molar-refractivity contribution in [1.29, 1.82) is 0 Å². The number of nitrogens with zero attached hydrogens (tertiary/aromatic N) is 2. The number of methoxy groups -OCH3 is 2. The van der Waals surface area contributed by atoms with E-state index in [4.69, 9.17) is 26.7 Å². The summed E-state index contributed by atoms with van der Waals surface area (Å²) >= 11 is 0. The zero-order chi connectivity index (χ0) is 14.7. The Labute approximate surface area is 141 Å². The Morgan fingerprint density at radius 2 is 1.55 bits per heavy atom. The molecule has 0 saturated heterocycles. The lowest BCUT2D eigenvalue weighted by atomic mass is 10.1. The molecule has 122 valence electrons. The summed E-state index contributed by atoms with van der Waals surface area (Å²) in [4.78, 5) is 7.87. The third kappa shape index (κ3) is 4.19. The van der Waals surface area contributed by atoms with Crippen LogP contribution in [0.1, 0.15) is 11.1 Å². The van der Waals surface area contributed by atoms with E-state index in [9.17, 15) is 0 Å². The third-order valence-corrected chi connectivity index (χ3v) is 2.91. The largest absolute Gasteiger partial charge is 0.494 e. The molecular weight excluding hydrogens is 329 g/mol. The molecule has 1 aromatic heterocycles. The Kier molecular flexibility index (Phi) is 7.55. The van der Waals surface area contributed by atoms with Gasteiger partial charge in [-0.1, -0.05) is 0 Å². The summed E-state index contributed by atoms with van der Waals surface area (Å²) in [5, 5.41) is 0. The number of hydrogen-bond donors (Lipinski definition) is 3. The zero-order valence-electron chi connectivity index (χ0n) is 12.2. The maximum atomic E-state index is 5.90. The van der Waals surface area contributed by atoms with Gasteiger partial charge in [-0.25, -0.2) is 4.98 Å². The molecule has 0 bridgehead atoms. The van der Waals surface area contributed by atoms with Crippen LogP contribution in [-0.2, 0) is 6.42 Å². The van der Waals surface area contributed by atoms with Crippen molar-refractivity contribution >= 4 is 42.3 Å². The first kappa shape index (κ1) is 19.9. The zero-order valence-corrected chi connectivity index (χ0v) is 13.8. The van der Waals surface area contributed by atoms with Gasteiger partial charge in [0.2, 0.25) is 5.95 Å². The SMILES string of the molecule is COc1cc(Cc2cnc(N)nc2N)cc(OC)c1N.Cl.Cl. The molecule has 0 aliphatic carbocycles. The molecule has 0 unspecified atom stereocenters. The number of ether oxygens (including phenoxy) is 2. The molecule has 0 atom stereocenters. The van der Waals surface area contributed by atoms with E-state index in [-0.39, 0.29) is 30.8 Å². The van der Waals surface area contributed by atoms with E-state index in [1.165, 1.54) is 0 Å². The van der Waals surface area contributed by atoms with Crippen molar-refractivity contribution in [1.82, 2.24) is 9.97 Å². The Hall–Kier alpha value is -2.12. The van der Waals surface area contributed by atoms with Crippen LogP contribution in [0.25, 0.3) is 0 Å². The van der Waals surface area contributed by atoms with Gasteiger partial charge in [0.05, 0.1) is 14.2 Å². The van der Waals surface area contributed by atoms with Gasteiger partial charge in [0.1, 0.15) is 23.0 Å². The van der Waals surface area contributed by atoms with Crippen molar-refractivity contribution in [3.05, 3.63) is 29.5 Å². The molecule has 22 heavy (non-hydrogen) atoms. The van der Waals surface area contributed by atoms with Gasteiger partial charge < -0.3 is 26.7 Å². The number of nitrogen functional groups attached to an aromatic ring is 3. The van der Waals surface area contributed by atoms with Gasteiger partial charge in [0, 0.05) is 18.2 Å². The average molecular weight is 348 g/mol. The van der Waals surface area contributed by atoms with Crippen LogP contribution in [0.5, 0.6) is 11.5 Å². The number of nitrogens with two attached hydrogens (primary N) is 3. The number of benzene rings is 1. The Bertz CT molecular complexity index is 615. The van der Waals surface area contributed by atoms with Crippen molar-refractivity contribution in [2.45, 2.75) is 6.42 Å². The van der Waals surface area contributed by atoms with Crippen LogP contribution in [0.2, 0.25) is 0 Å². The van der Waals surface area contributed by atoms with Gasteiger partial charge in [0.25, 0.3) is 0 Å². The molecule has 0 aliphatic rings. The van der Waals surface area contributed by atoms with Gasteiger partial charge in [-0.3, -0.25) is 0 Å². The molecule has 1 heterocycles. The van der Waals surface area contributed by atoms with E-state index in [1.54, 1.807) is 20.4 Å². The predicted octanol–water partition coefficient (Wildman–Crippen LogP) is 1.67. The minimum absolute atomic E-state index is 0. The second kappa shape index (κ2) is 8.35. The summed E-state index contributed by atoms with van der Waals surface area (Å²) in [7, 11) is 3.10. The van der Waals surface area contributed by atoms with Gasteiger partial charge in [-0.05, 0) is 17.7 Å². The fraction of sp³-hybridized carbons (Fsp3) is 0.231. The normalized spacial score (nSPS) is 9.36. The minimum Gasteiger partial charge on any atom is -0.494 e. The van der Waals surface area contributed by atoms with Crippen molar-refractivity contribution in [2.75, 3.05) is 31.4 Å². The van der Waals surface area contributed by atoms with Crippen molar-refractivity contribution < 1.29 is 9.47 Å². The molecule has 0 radical (unpaired) electrons. The number of anilines is 3. The monoisotopic (exact) mass is 347 g/mol. The van der Waals surface area contributed by atoms with Crippen LogP contribution >= 0.6 is 24.8 Å². The lowest BCUT2D eigenvalue weighted by molar-refractivity contribution is 0.397. The van der Waals surface area contributed by atoms with Crippen LogP contribution in [0.3, 0.4) is 0 Å². The highest BCUT2D eigenvalue weighted by atomic mass is 35.5. The second-order valence-electron chi connectivity index (χ2n) is 4.23. The van der Waals surface area contributed by atoms with E-state index in [2.05, 4.69) is 9.97 Å². The topological polar surface area (TPSA) is 122 Å². The summed E-state index contributed by atoms with van der Waals surface area (Å²) in [6, 6.07) is 3.65. The minimum atomic E-state index is 0. The summed E-state index contributed by atoms with van der Waals surface area (Å²) in [6.45, 7) is 0. The first-order valence-electron chi connectivity index (χ1n) is 5.92. The molecule has 0 fully saturated rings. The second-order valence-corrected chi connectivity index (χ2v) is 4.23. The van der Waals surface area contributed by atoms with Crippen molar-refractivity contribution in [3.8, 4) is 11.5 Å². The summed E-state index contributed by atoms with van der Waals surface area (Å²) < 4.78 is 10.5. The maximum absolute atomic E-state index is 5.90. The van der Waals surface area contributed by atoms with Crippen LogP contribution < -0.4 is 26.7 Å². The van der Waals surface area contributed by atoms with E-state index >= 15 is 0 Å². The number of hydrogen-bond acceptors (Lipinski definition) is 7. The molecule has 0 aliphatic heterocycles. The number of aromatic nitrogens is 2. The highest BCUT2D eigenvalue weighted by Gasteiger charge is 2.11. The predicted molar refractivity (Wildman–Crippen MR) is 92.1 cm³/mol. The fourth-order valence-corrected chi connectivity index (χ4v) is 1.89. The molecule has 0 saturated carbocycles. The van der Waals surface area contributed by atoms with Gasteiger partial charge in [0.15, 0.2) is 0 Å². The standard InChI is InChI=1S/C13H17N5O2.2ClH/c1-19-9-4-7(5-10(20-2)11(9)14)3-8-6-17-13(16)18-12(8)15;;/h4-6H,3,14H2,1-2H3,(H4,15,16,17,18);2*1H. The molecule has 0 amide bonds. The van der Waals surface area contributed by atoms with Crippen LogP contribution in [0, 0.1) is 0 Å². The number of halogens is 2. The van der Waals surface area contributed by atoms with Crippen LogP contribution in [-0.4, -0.2) is 24.2 Å². The first-order chi connectivity index (χ1) is 9.55. The smallest absolute Gasteiger partial charge is 0.221 e. The van der Waals surface area contributed by atoms with E-state index in [0.717, 1.165) is 11.1 Å². The van der Waals surface area contributed by atoms with Gasteiger partial charge >= 0.3 is 0 Å². The Morgan fingerprint density at radius 1 is 1.00 bits per heavy atom. The van der Waals surface area contributed by atoms with Crippen LogP contribution in [0.15, 0.2) is 18.3 Å². The van der Waals surface area contributed by atoms with Crippen molar-refractivity contribution in [3.63, 3.8) is 0 Å². The van der Waals surface area contributed by atoms with Crippen LogP contribution in [0.4, 0.5) is 17.5 Å². The van der Waals surface area contributed by atoms with Gasteiger partial charge in [-0.2, -0.15) is 4.98 Å². The highest BCUT2D eigenvalue weighted by Crippen LogP contribution is 2.34. The van der Waals surface area contributed by atoms with Crippen molar-refractivity contribution in [2.24, 2.45) is 0 Å². The van der Waals surface area contributed by atoms with E-state index in [1.807, 2.05) is 12.1 Å². The van der Waals surface area contributed by atoms with E-state index < -0.39 is 0 Å². The maximum Gasteiger partial charge on any atom is 0.221 e. The molecule has 0 spiro atoms. The molecular formula is C13H19Cl2N5O2. The molecule has 7 nitrogen and oxygen atoms in total. The first-order valence-corrected chi connectivity index (χ1v) is 5.92. The quantitative estimate of drug-likeness (QED) is 0.718. The summed E-state index contributed by atoms with van der Waals surface area (Å²) in [6.07, 6.45) is 2.13. The Morgan fingerprint density at radius 3 is 2.00 bits per heavy atom. The average Bonchev–Trinajstić information content (AvgIpc) is 2.43. The Balaban J connectivity index is 0.00000220. The molecule has 2 aromatic rings. The third-order valence-electron chi connectivity index (χ3n) is 2.91. The lowest BCUT2D eigenvalue weighted by Crippen LogP contribution is -2.05. The molecule has 2 rings (SSSR count). The lowest BCUT2D eigenvalue weighted by Gasteiger charge is -2.12.